The van der Waals surface area contributed by atoms with E-state index in [-0.39, 0.29) is 0 Å². The number of rotatable bonds is 4. The van der Waals surface area contributed by atoms with E-state index in [0.29, 0.717) is 17.2 Å². The summed E-state index contributed by atoms with van der Waals surface area (Å²) in [5.41, 5.74) is 2.32. The van der Waals surface area contributed by atoms with E-state index in [4.69, 9.17) is 4.74 Å². The lowest BCUT2D eigenvalue weighted by Gasteiger charge is -2.18. The molecule has 5 heteroatoms. The summed E-state index contributed by atoms with van der Waals surface area (Å²) >= 11 is 0. The molecule has 1 fully saturated rings. The van der Waals surface area contributed by atoms with Crippen molar-refractivity contribution in [3.63, 3.8) is 0 Å². The maximum Gasteiger partial charge on any atom is 0.185 e. The van der Waals surface area contributed by atoms with Gasteiger partial charge in [0.05, 0.1) is 17.3 Å². The molecule has 0 bridgehead atoms. The zero-order valence-corrected chi connectivity index (χ0v) is 14.4. The van der Waals surface area contributed by atoms with Crippen LogP contribution in [0, 0.1) is 6.92 Å². The number of hydrogen-bond donors (Lipinski definition) is 1. The maximum absolute atomic E-state index is 12.8. The highest BCUT2D eigenvalue weighted by Crippen LogP contribution is 2.30. The normalized spacial score (nSPS) is 24.5. The van der Waals surface area contributed by atoms with Gasteiger partial charge in [0, 0.05) is 6.54 Å². The summed E-state index contributed by atoms with van der Waals surface area (Å²) in [4.78, 5) is 0.411. The highest BCUT2D eigenvalue weighted by atomic mass is 32.2. The number of hydrogen-bond acceptors (Lipinski definition) is 4. The van der Waals surface area contributed by atoms with Crippen molar-refractivity contribution in [1.29, 1.82) is 0 Å². The first-order chi connectivity index (χ1) is 11.0. The number of nitrogens with one attached hydrogen (secondary N) is 1. The zero-order chi connectivity index (χ0) is 16.4. The van der Waals surface area contributed by atoms with Gasteiger partial charge in [-0.15, -0.1) is 0 Å². The topological polar surface area (TPSA) is 55.4 Å². The Bertz CT molecular complexity index is 744. The quantitative estimate of drug-likeness (QED) is 0.920. The van der Waals surface area contributed by atoms with Gasteiger partial charge in [0.25, 0.3) is 0 Å². The monoisotopic (exact) mass is 333 g/mol. The smallest absolute Gasteiger partial charge is 0.185 e. The molecular formula is C18H23NO3S. The van der Waals surface area contributed by atoms with Crippen LogP contribution < -0.4 is 5.32 Å². The predicted octanol–water partition coefficient (Wildman–Crippen LogP) is 2.70. The molecule has 1 aromatic rings. The van der Waals surface area contributed by atoms with Gasteiger partial charge in [-0.05, 0) is 67.6 Å². The highest BCUT2D eigenvalue weighted by molar-refractivity contribution is 7.92. The van der Waals surface area contributed by atoms with Crippen molar-refractivity contribution < 1.29 is 13.2 Å². The van der Waals surface area contributed by atoms with Gasteiger partial charge in [0.2, 0.25) is 0 Å². The molecule has 1 aromatic carbocycles. The lowest BCUT2D eigenvalue weighted by Crippen LogP contribution is -2.21. The Hall–Kier alpha value is -1.59. The number of allylic oxidation sites excluding steroid dienone is 2. The average molecular weight is 333 g/mol. The van der Waals surface area contributed by atoms with E-state index >= 15 is 0 Å². The Kier molecular flexibility index (Phi) is 4.60. The molecule has 2 unspecified atom stereocenters. The minimum atomic E-state index is -3.36. The fourth-order valence-electron chi connectivity index (χ4n) is 3.34. The van der Waals surface area contributed by atoms with Gasteiger partial charge in [-0.25, -0.2) is 8.42 Å². The van der Waals surface area contributed by atoms with E-state index in [2.05, 4.69) is 5.32 Å². The van der Waals surface area contributed by atoms with Gasteiger partial charge in [0.1, 0.15) is 5.76 Å². The van der Waals surface area contributed by atoms with E-state index in [1.165, 1.54) is 5.56 Å². The van der Waals surface area contributed by atoms with Crippen LogP contribution in [0.4, 0.5) is 0 Å². The SMILES string of the molecule is COC1=CCC(S(=O)(=O)c2ccc(C3CCNC3)c(C)c2)C=C1. The second-order valence-electron chi connectivity index (χ2n) is 6.20. The van der Waals surface area contributed by atoms with E-state index in [9.17, 15) is 8.42 Å². The Morgan fingerprint density at radius 2 is 2.13 bits per heavy atom. The van der Waals surface area contributed by atoms with Crippen molar-refractivity contribution in [2.24, 2.45) is 0 Å². The summed E-state index contributed by atoms with van der Waals surface area (Å²) in [7, 11) is -1.77. The van der Waals surface area contributed by atoms with Crippen molar-refractivity contribution in [3.05, 3.63) is 53.3 Å². The Morgan fingerprint density at radius 1 is 1.30 bits per heavy atom. The molecule has 0 spiro atoms. The lowest BCUT2D eigenvalue weighted by atomic mass is 9.94. The van der Waals surface area contributed by atoms with E-state index < -0.39 is 15.1 Å². The molecule has 1 saturated heterocycles. The Morgan fingerprint density at radius 3 is 2.70 bits per heavy atom. The number of benzene rings is 1. The van der Waals surface area contributed by atoms with Gasteiger partial charge in [0.15, 0.2) is 9.84 Å². The Labute approximate surface area is 138 Å². The molecule has 124 valence electrons. The van der Waals surface area contributed by atoms with Crippen LogP contribution >= 0.6 is 0 Å². The van der Waals surface area contributed by atoms with Crippen molar-refractivity contribution in [3.8, 4) is 0 Å². The van der Waals surface area contributed by atoms with Gasteiger partial charge in [-0.1, -0.05) is 12.1 Å². The van der Waals surface area contributed by atoms with Gasteiger partial charge in [-0.2, -0.15) is 0 Å². The Balaban J connectivity index is 1.85. The molecule has 1 aliphatic carbocycles. The van der Waals surface area contributed by atoms with Crippen LogP contribution in [-0.4, -0.2) is 33.9 Å². The zero-order valence-electron chi connectivity index (χ0n) is 13.6. The summed E-state index contributed by atoms with van der Waals surface area (Å²) in [5, 5.41) is 2.84. The molecule has 0 amide bonds. The molecule has 1 heterocycles. The highest BCUT2D eigenvalue weighted by Gasteiger charge is 2.27. The standard InChI is InChI=1S/C18H23NO3S/c1-13-11-17(7-8-18(13)14-9-10-19-12-14)23(20,21)16-5-3-15(22-2)4-6-16/h3-5,7-8,11,14,16,19H,6,9-10,12H2,1-2H3. The second-order valence-corrected chi connectivity index (χ2v) is 8.36. The van der Waals surface area contributed by atoms with Crippen molar-refractivity contribution in [1.82, 2.24) is 5.32 Å². The second kappa shape index (κ2) is 6.49. The minimum Gasteiger partial charge on any atom is -0.497 e. The number of ether oxygens (including phenoxy) is 1. The third kappa shape index (κ3) is 3.21. The number of aryl methyl sites for hydroxylation is 1. The lowest BCUT2D eigenvalue weighted by molar-refractivity contribution is 0.303. The molecular weight excluding hydrogens is 310 g/mol. The summed E-state index contributed by atoms with van der Waals surface area (Å²) in [6.07, 6.45) is 6.85. The van der Waals surface area contributed by atoms with Crippen LogP contribution in [0.15, 0.2) is 47.1 Å². The van der Waals surface area contributed by atoms with Crippen LogP contribution in [0.25, 0.3) is 0 Å². The largest absolute Gasteiger partial charge is 0.497 e. The molecule has 0 saturated carbocycles. The summed E-state index contributed by atoms with van der Waals surface area (Å²) in [5.74, 6) is 1.21. The van der Waals surface area contributed by atoms with E-state index in [0.717, 1.165) is 30.8 Å². The third-order valence-electron chi connectivity index (χ3n) is 4.73. The fraction of sp³-hybridized carbons (Fsp3) is 0.444. The fourth-order valence-corrected chi connectivity index (χ4v) is 4.92. The van der Waals surface area contributed by atoms with Gasteiger partial charge in [-0.3, -0.25) is 0 Å². The van der Waals surface area contributed by atoms with Crippen LogP contribution in [0.2, 0.25) is 0 Å². The minimum absolute atomic E-state index is 0.411. The molecule has 0 radical (unpaired) electrons. The summed E-state index contributed by atoms with van der Waals surface area (Å²) in [6.45, 7) is 4.01. The van der Waals surface area contributed by atoms with Crippen molar-refractivity contribution in [2.45, 2.75) is 35.8 Å². The molecule has 3 rings (SSSR count). The molecule has 23 heavy (non-hydrogen) atoms. The van der Waals surface area contributed by atoms with E-state index in [1.807, 2.05) is 25.1 Å². The molecule has 4 nitrogen and oxygen atoms in total. The maximum atomic E-state index is 12.8. The summed E-state index contributed by atoms with van der Waals surface area (Å²) in [6, 6.07) is 5.58. The molecule has 1 N–H and O–H groups in total. The van der Waals surface area contributed by atoms with Crippen LogP contribution in [-0.2, 0) is 14.6 Å². The molecule has 2 atom stereocenters. The van der Waals surface area contributed by atoms with Gasteiger partial charge < -0.3 is 10.1 Å². The molecule has 1 aliphatic heterocycles. The average Bonchev–Trinajstić information content (AvgIpc) is 3.09. The first kappa shape index (κ1) is 16.3. The number of methoxy groups -OCH3 is 1. The first-order valence-corrected chi connectivity index (χ1v) is 9.54. The van der Waals surface area contributed by atoms with Crippen molar-refractivity contribution >= 4 is 9.84 Å². The number of sulfone groups is 1. The van der Waals surface area contributed by atoms with E-state index in [1.54, 1.807) is 25.3 Å². The first-order valence-electron chi connectivity index (χ1n) is 8.00. The summed E-state index contributed by atoms with van der Waals surface area (Å²) < 4.78 is 30.8. The third-order valence-corrected chi connectivity index (χ3v) is 6.79. The van der Waals surface area contributed by atoms with Gasteiger partial charge >= 0.3 is 0 Å². The van der Waals surface area contributed by atoms with Crippen LogP contribution in [0.1, 0.15) is 29.9 Å². The van der Waals surface area contributed by atoms with Crippen LogP contribution in [0.3, 0.4) is 0 Å². The van der Waals surface area contributed by atoms with Crippen LogP contribution in [0.5, 0.6) is 0 Å². The predicted molar refractivity (Wildman–Crippen MR) is 91.2 cm³/mol. The molecule has 0 aromatic heterocycles. The van der Waals surface area contributed by atoms with Crippen molar-refractivity contribution in [2.75, 3.05) is 20.2 Å². The molecule has 2 aliphatic rings.